The number of alkyl carbamates (subject to hydrolysis) is 1. The number of rotatable bonds is 3. The fraction of sp³-hybridized carbons (Fsp3) is 0.818. The lowest BCUT2D eigenvalue weighted by Gasteiger charge is -2.35. The van der Waals surface area contributed by atoms with Crippen molar-refractivity contribution < 1.29 is 19.4 Å². The molecule has 0 saturated heterocycles. The fourth-order valence-corrected chi connectivity index (χ4v) is 1.74. The van der Waals surface area contributed by atoms with Crippen LogP contribution in [0, 0.1) is 5.92 Å². The summed E-state index contributed by atoms with van der Waals surface area (Å²) >= 11 is 0. The van der Waals surface area contributed by atoms with Crippen molar-refractivity contribution in [2.45, 2.75) is 51.7 Å². The molecule has 2 N–H and O–H groups in total. The highest BCUT2D eigenvalue weighted by Gasteiger charge is 2.32. The summed E-state index contributed by atoms with van der Waals surface area (Å²) < 4.78 is 5.09. The summed E-state index contributed by atoms with van der Waals surface area (Å²) in [4.78, 5) is 21.7. The van der Waals surface area contributed by atoms with Crippen LogP contribution in [-0.2, 0) is 9.53 Å². The second kappa shape index (κ2) is 4.72. The maximum absolute atomic E-state index is 11.3. The van der Waals surface area contributed by atoms with E-state index >= 15 is 0 Å². The monoisotopic (exact) mass is 229 g/mol. The molecule has 0 heterocycles. The summed E-state index contributed by atoms with van der Waals surface area (Å²) in [5.41, 5.74) is -0.492. The quantitative estimate of drug-likeness (QED) is 0.773. The molecule has 0 atom stereocenters. The lowest BCUT2D eigenvalue weighted by molar-refractivity contribution is -0.138. The van der Waals surface area contributed by atoms with Gasteiger partial charge in [0.2, 0.25) is 0 Å². The maximum Gasteiger partial charge on any atom is 0.407 e. The van der Waals surface area contributed by atoms with Gasteiger partial charge < -0.3 is 15.2 Å². The molecule has 0 unspecified atom stereocenters. The zero-order valence-corrected chi connectivity index (χ0v) is 9.95. The third-order valence-electron chi connectivity index (χ3n) is 2.42. The second-order valence-electron chi connectivity index (χ2n) is 5.28. The summed E-state index contributed by atoms with van der Waals surface area (Å²) in [7, 11) is 0. The fourth-order valence-electron chi connectivity index (χ4n) is 1.74. The van der Waals surface area contributed by atoms with Gasteiger partial charge in [-0.2, -0.15) is 0 Å². The smallest absolute Gasteiger partial charge is 0.407 e. The number of hydrogen-bond donors (Lipinski definition) is 2. The van der Waals surface area contributed by atoms with Gasteiger partial charge in [0.15, 0.2) is 0 Å². The van der Waals surface area contributed by atoms with Gasteiger partial charge in [0.05, 0.1) is 0 Å². The van der Waals surface area contributed by atoms with Crippen LogP contribution in [0.1, 0.15) is 40.0 Å². The molecule has 92 valence electrons. The molecule has 16 heavy (non-hydrogen) atoms. The van der Waals surface area contributed by atoms with Crippen LogP contribution in [0.2, 0.25) is 0 Å². The third kappa shape index (κ3) is 4.51. The number of nitrogens with one attached hydrogen (secondary N) is 1. The molecule has 0 aromatic carbocycles. The average Bonchev–Trinajstić information content (AvgIpc) is 1.95. The summed E-state index contributed by atoms with van der Waals surface area (Å²) in [6.45, 7) is 5.42. The highest BCUT2D eigenvalue weighted by Crippen LogP contribution is 2.30. The first-order chi connectivity index (χ1) is 7.26. The van der Waals surface area contributed by atoms with Gasteiger partial charge in [-0.1, -0.05) is 0 Å². The predicted molar refractivity (Wildman–Crippen MR) is 58.1 cm³/mol. The first-order valence-electron chi connectivity index (χ1n) is 5.47. The molecule has 5 nitrogen and oxygen atoms in total. The van der Waals surface area contributed by atoms with E-state index in [2.05, 4.69) is 5.32 Å². The first kappa shape index (κ1) is 12.8. The SMILES string of the molecule is CC(C)(C)OC(=O)NC1CC(CC(=O)O)C1. The van der Waals surface area contributed by atoms with Crippen LogP contribution >= 0.6 is 0 Å². The van der Waals surface area contributed by atoms with Gasteiger partial charge in [-0.05, 0) is 39.5 Å². The van der Waals surface area contributed by atoms with Crippen LogP contribution in [-0.4, -0.2) is 28.8 Å². The van der Waals surface area contributed by atoms with Crippen LogP contribution in [0.15, 0.2) is 0 Å². The van der Waals surface area contributed by atoms with Gasteiger partial charge in [-0.25, -0.2) is 4.79 Å². The molecule has 0 aliphatic heterocycles. The summed E-state index contributed by atoms with van der Waals surface area (Å²) in [5, 5.41) is 11.3. The minimum atomic E-state index is -0.777. The van der Waals surface area contributed by atoms with Gasteiger partial charge in [0.1, 0.15) is 5.60 Å². The molecule has 0 spiro atoms. The molecule has 0 aromatic rings. The van der Waals surface area contributed by atoms with E-state index in [-0.39, 0.29) is 18.4 Å². The summed E-state index contributed by atoms with van der Waals surface area (Å²) in [6.07, 6.45) is 1.22. The molecule has 5 heteroatoms. The molecule has 1 saturated carbocycles. The Labute approximate surface area is 95.2 Å². The first-order valence-corrected chi connectivity index (χ1v) is 5.47. The number of hydrogen-bond acceptors (Lipinski definition) is 3. The second-order valence-corrected chi connectivity index (χ2v) is 5.28. The van der Waals surface area contributed by atoms with Crippen molar-refractivity contribution >= 4 is 12.1 Å². The largest absolute Gasteiger partial charge is 0.481 e. The van der Waals surface area contributed by atoms with Crippen molar-refractivity contribution in [3.63, 3.8) is 0 Å². The van der Waals surface area contributed by atoms with E-state index in [9.17, 15) is 9.59 Å². The van der Waals surface area contributed by atoms with E-state index in [1.165, 1.54) is 0 Å². The molecule has 1 fully saturated rings. The number of ether oxygens (including phenoxy) is 1. The normalized spacial score (nSPS) is 24.4. The molecule has 1 aliphatic rings. The maximum atomic E-state index is 11.3. The van der Waals surface area contributed by atoms with E-state index in [1.54, 1.807) is 20.8 Å². The van der Waals surface area contributed by atoms with Crippen LogP contribution in [0.4, 0.5) is 4.79 Å². The molecule has 1 rings (SSSR count). The molecule has 1 aliphatic carbocycles. The zero-order valence-electron chi connectivity index (χ0n) is 9.95. The Morgan fingerprint density at radius 1 is 1.38 bits per heavy atom. The Morgan fingerprint density at radius 2 is 1.94 bits per heavy atom. The molecule has 0 radical (unpaired) electrons. The number of carboxylic acid groups (broad SMARTS) is 1. The lowest BCUT2D eigenvalue weighted by atomic mass is 9.78. The topological polar surface area (TPSA) is 75.6 Å². The summed E-state index contributed by atoms with van der Waals surface area (Å²) in [6, 6.07) is 0.0687. The highest BCUT2D eigenvalue weighted by molar-refractivity contribution is 5.69. The number of carboxylic acids is 1. The van der Waals surface area contributed by atoms with Crippen LogP contribution in [0.3, 0.4) is 0 Å². The van der Waals surface area contributed by atoms with Crippen molar-refractivity contribution in [1.29, 1.82) is 0 Å². The van der Waals surface area contributed by atoms with Crippen LogP contribution in [0.25, 0.3) is 0 Å². The van der Waals surface area contributed by atoms with E-state index in [4.69, 9.17) is 9.84 Å². The van der Waals surface area contributed by atoms with Crippen molar-refractivity contribution in [3.8, 4) is 0 Å². The molecular weight excluding hydrogens is 210 g/mol. The van der Waals surface area contributed by atoms with Crippen molar-refractivity contribution in [2.24, 2.45) is 5.92 Å². The van der Waals surface area contributed by atoms with Crippen molar-refractivity contribution in [3.05, 3.63) is 0 Å². The summed E-state index contributed by atoms with van der Waals surface area (Å²) in [5.74, 6) is -0.585. The minimum absolute atomic E-state index is 0.0687. The molecule has 1 amide bonds. The Hall–Kier alpha value is -1.26. The number of aliphatic carboxylic acids is 1. The highest BCUT2D eigenvalue weighted by atomic mass is 16.6. The molecule has 0 aromatic heterocycles. The number of carbonyl (C=O) groups is 2. The van der Waals surface area contributed by atoms with Crippen molar-refractivity contribution in [1.82, 2.24) is 5.32 Å². The number of carbonyl (C=O) groups excluding carboxylic acids is 1. The van der Waals surface area contributed by atoms with Gasteiger partial charge >= 0.3 is 12.1 Å². The standard InChI is InChI=1S/C11H19NO4/c1-11(2,3)16-10(15)12-8-4-7(5-8)6-9(13)14/h7-8H,4-6H2,1-3H3,(H,12,15)(H,13,14). The Morgan fingerprint density at radius 3 is 2.38 bits per heavy atom. The van der Waals surface area contributed by atoms with Gasteiger partial charge in [0, 0.05) is 12.5 Å². The average molecular weight is 229 g/mol. The van der Waals surface area contributed by atoms with E-state index in [0.717, 1.165) is 12.8 Å². The molecule has 0 bridgehead atoms. The number of amides is 1. The van der Waals surface area contributed by atoms with E-state index in [0.29, 0.717) is 0 Å². The Bertz CT molecular complexity index is 276. The van der Waals surface area contributed by atoms with E-state index < -0.39 is 17.7 Å². The van der Waals surface area contributed by atoms with Gasteiger partial charge in [-0.15, -0.1) is 0 Å². The van der Waals surface area contributed by atoms with Crippen molar-refractivity contribution in [2.75, 3.05) is 0 Å². The third-order valence-corrected chi connectivity index (χ3v) is 2.42. The van der Waals surface area contributed by atoms with E-state index in [1.807, 2.05) is 0 Å². The lowest BCUT2D eigenvalue weighted by Crippen LogP contribution is -2.46. The Balaban J connectivity index is 2.17. The van der Waals surface area contributed by atoms with Crippen LogP contribution < -0.4 is 5.32 Å². The zero-order chi connectivity index (χ0) is 12.3. The van der Waals surface area contributed by atoms with Gasteiger partial charge in [-0.3, -0.25) is 4.79 Å². The van der Waals surface area contributed by atoms with Crippen LogP contribution in [0.5, 0.6) is 0 Å². The van der Waals surface area contributed by atoms with Gasteiger partial charge in [0.25, 0.3) is 0 Å². The molecular formula is C11H19NO4. The Kier molecular flexibility index (Phi) is 3.78. The predicted octanol–water partition coefficient (Wildman–Crippen LogP) is 1.76. The minimum Gasteiger partial charge on any atom is -0.481 e.